The Morgan fingerprint density at radius 3 is 2.73 bits per heavy atom. The fourth-order valence-electron chi connectivity index (χ4n) is 2.77. The summed E-state index contributed by atoms with van der Waals surface area (Å²) in [4.78, 5) is 36.2. The van der Waals surface area contributed by atoms with Crippen LogP contribution in [0.1, 0.15) is 38.5 Å². The first kappa shape index (κ1) is 17.1. The predicted molar refractivity (Wildman–Crippen MR) is 84.6 cm³/mol. The van der Waals surface area contributed by atoms with Crippen molar-refractivity contribution in [2.24, 2.45) is 5.92 Å². The van der Waals surface area contributed by atoms with Crippen LogP contribution in [0.2, 0.25) is 0 Å². The number of rotatable bonds is 7. The number of carbonyl (C=O) groups is 3. The third-order valence-electron chi connectivity index (χ3n) is 4.11. The summed E-state index contributed by atoms with van der Waals surface area (Å²) < 4.78 is 4.94. The van der Waals surface area contributed by atoms with E-state index in [4.69, 9.17) is 4.74 Å². The number of nitrogens with zero attached hydrogens (tertiary/aromatic N) is 1. The molecule has 124 valence electrons. The minimum absolute atomic E-state index is 0.0121. The van der Waals surface area contributed by atoms with Crippen LogP contribution < -0.4 is 5.32 Å². The molecule has 0 aromatic heterocycles. The van der Waals surface area contributed by atoms with E-state index in [9.17, 15) is 14.4 Å². The summed E-state index contributed by atoms with van der Waals surface area (Å²) >= 11 is 1.27. The molecule has 0 aromatic carbocycles. The number of ether oxygens (including phenoxy) is 1. The van der Waals surface area contributed by atoms with Crippen molar-refractivity contribution in [3.63, 3.8) is 0 Å². The fraction of sp³-hybridized carbons (Fsp3) is 0.800. The standard InChI is InChI=1S/C15H24N2O4S/c18-13(16-10-12-4-2-1-3-5-12)11-21-14(19)6-7-17-8-9-22-15(17)20/h12H,1-11H2,(H,16,18). The molecule has 1 N–H and O–H groups in total. The highest BCUT2D eigenvalue weighted by atomic mass is 32.2. The molecule has 0 bridgehead atoms. The average Bonchev–Trinajstić information content (AvgIpc) is 2.95. The molecule has 1 aliphatic carbocycles. The van der Waals surface area contributed by atoms with E-state index in [2.05, 4.69) is 5.32 Å². The van der Waals surface area contributed by atoms with Crippen molar-refractivity contribution < 1.29 is 19.1 Å². The van der Waals surface area contributed by atoms with Crippen LogP contribution in [0.5, 0.6) is 0 Å². The number of nitrogens with one attached hydrogen (secondary N) is 1. The summed E-state index contributed by atoms with van der Waals surface area (Å²) in [5.74, 6) is 0.661. The molecule has 0 aromatic rings. The summed E-state index contributed by atoms with van der Waals surface area (Å²) in [6, 6.07) is 0. The number of thioether (sulfide) groups is 1. The Hall–Kier alpha value is -1.24. The first-order valence-corrected chi connectivity index (χ1v) is 8.98. The van der Waals surface area contributed by atoms with Gasteiger partial charge in [-0.05, 0) is 18.8 Å². The molecule has 2 amide bonds. The second-order valence-electron chi connectivity index (χ2n) is 5.82. The van der Waals surface area contributed by atoms with Crippen LogP contribution in [-0.2, 0) is 14.3 Å². The Kier molecular flexibility index (Phi) is 7.02. The Labute approximate surface area is 135 Å². The Morgan fingerprint density at radius 2 is 2.05 bits per heavy atom. The summed E-state index contributed by atoms with van der Waals surface area (Å²) in [6.45, 7) is 1.50. The molecule has 1 saturated heterocycles. The van der Waals surface area contributed by atoms with Crippen molar-refractivity contribution in [3.8, 4) is 0 Å². The van der Waals surface area contributed by atoms with Gasteiger partial charge in [-0.25, -0.2) is 0 Å². The van der Waals surface area contributed by atoms with Crippen LogP contribution in [0.3, 0.4) is 0 Å². The third-order valence-corrected chi connectivity index (χ3v) is 5.00. The van der Waals surface area contributed by atoms with E-state index in [0.717, 1.165) is 5.75 Å². The fourth-order valence-corrected chi connectivity index (χ4v) is 3.63. The molecule has 0 spiro atoms. The van der Waals surface area contributed by atoms with Crippen molar-refractivity contribution in [1.82, 2.24) is 10.2 Å². The number of hydrogen-bond acceptors (Lipinski definition) is 5. The second-order valence-corrected chi connectivity index (χ2v) is 6.87. The van der Waals surface area contributed by atoms with Gasteiger partial charge in [0.05, 0.1) is 6.42 Å². The van der Waals surface area contributed by atoms with Crippen LogP contribution >= 0.6 is 11.8 Å². The van der Waals surface area contributed by atoms with E-state index in [1.54, 1.807) is 4.90 Å². The smallest absolute Gasteiger partial charge is 0.308 e. The molecular formula is C15H24N2O4S. The van der Waals surface area contributed by atoms with Crippen molar-refractivity contribution in [1.29, 1.82) is 0 Å². The quantitative estimate of drug-likeness (QED) is 0.721. The topological polar surface area (TPSA) is 75.7 Å². The van der Waals surface area contributed by atoms with E-state index >= 15 is 0 Å². The monoisotopic (exact) mass is 328 g/mol. The molecule has 1 aliphatic heterocycles. The normalized spacial score (nSPS) is 19.3. The van der Waals surface area contributed by atoms with Gasteiger partial charge in [-0.1, -0.05) is 31.0 Å². The summed E-state index contributed by atoms with van der Waals surface area (Å²) in [5.41, 5.74) is 0. The zero-order valence-electron chi connectivity index (χ0n) is 12.8. The Balaban J connectivity index is 1.53. The SMILES string of the molecule is O=C(COC(=O)CCN1CCSC1=O)NCC1CCCCC1. The van der Waals surface area contributed by atoms with Crippen LogP contribution in [0, 0.1) is 5.92 Å². The van der Waals surface area contributed by atoms with Gasteiger partial charge in [-0.3, -0.25) is 14.4 Å². The first-order chi connectivity index (χ1) is 10.6. The molecule has 0 unspecified atom stereocenters. The van der Waals surface area contributed by atoms with Crippen LogP contribution in [-0.4, -0.2) is 54.0 Å². The third kappa shape index (κ3) is 5.87. The van der Waals surface area contributed by atoms with Crippen LogP contribution in [0.25, 0.3) is 0 Å². The maximum atomic E-state index is 11.6. The van der Waals surface area contributed by atoms with Crippen LogP contribution in [0.4, 0.5) is 4.79 Å². The van der Waals surface area contributed by atoms with E-state index in [-0.39, 0.29) is 24.2 Å². The lowest BCUT2D eigenvalue weighted by atomic mass is 9.89. The molecule has 2 rings (SSSR count). The molecule has 7 heteroatoms. The minimum Gasteiger partial charge on any atom is -0.456 e. The number of carbonyl (C=O) groups excluding carboxylic acids is 3. The Morgan fingerprint density at radius 1 is 1.27 bits per heavy atom. The lowest BCUT2D eigenvalue weighted by Crippen LogP contribution is -2.34. The molecule has 22 heavy (non-hydrogen) atoms. The van der Waals surface area contributed by atoms with Gasteiger partial charge in [0.15, 0.2) is 6.61 Å². The number of amides is 2. The summed E-state index contributed by atoms with van der Waals surface area (Å²) in [7, 11) is 0. The van der Waals surface area contributed by atoms with Gasteiger partial charge in [0, 0.05) is 25.4 Å². The zero-order valence-corrected chi connectivity index (χ0v) is 13.7. The molecule has 2 fully saturated rings. The Bertz CT molecular complexity index is 410. The molecule has 6 nitrogen and oxygen atoms in total. The van der Waals surface area contributed by atoms with Crippen molar-refractivity contribution >= 4 is 28.9 Å². The maximum Gasteiger partial charge on any atom is 0.308 e. The molecule has 1 saturated carbocycles. The van der Waals surface area contributed by atoms with Crippen molar-refractivity contribution in [3.05, 3.63) is 0 Å². The van der Waals surface area contributed by atoms with Gasteiger partial charge in [0.2, 0.25) is 0 Å². The van der Waals surface area contributed by atoms with Gasteiger partial charge in [0.1, 0.15) is 0 Å². The first-order valence-electron chi connectivity index (χ1n) is 7.99. The van der Waals surface area contributed by atoms with E-state index in [1.165, 1.54) is 43.9 Å². The van der Waals surface area contributed by atoms with Crippen LogP contribution in [0.15, 0.2) is 0 Å². The second kappa shape index (κ2) is 9.02. The van der Waals surface area contributed by atoms with E-state index in [1.807, 2.05) is 0 Å². The van der Waals surface area contributed by atoms with Gasteiger partial charge >= 0.3 is 5.97 Å². The molecular weight excluding hydrogens is 304 g/mol. The molecule has 2 aliphatic rings. The maximum absolute atomic E-state index is 11.6. The largest absolute Gasteiger partial charge is 0.456 e. The number of esters is 1. The van der Waals surface area contributed by atoms with E-state index in [0.29, 0.717) is 25.6 Å². The van der Waals surface area contributed by atoms with Gasteiger partial charge in [-0.15, -0.1) is 0 Å². The van der Waals surface area contributed by atoms with Gasteiger partial charge in [0.25, 0.3) is 11.1 Å². The van der Waals surface area contributed by atoms with Crippen molar-refractivity contribution in [2.45, 2.75) is 38.5 Å². The highest BCUT2D eigenvalue weighted by Gasteiger charge is 2.22. The minimum atomic E-state index is -0.433. The van der Waals surface area contributed by atoms with Gasteiger partial charge < -0.3 is 15.0 Å². The summed E-state index contributed by atoms with van der Waals surface area (Å²) in [5, 5.41) is 2.84. The zero-order chi connectivity index (χ0) is 15.8. The molecule has 1 heterocycles. The highest BCUT2D eigenvalue weighted by molar-refractivity contribution is 8.13. The van der Waals surface area contributed by atoms with E-state index < -0.39 is 5.97 Å². The van der Waals surface area contributed by atoms with Gasteiger partial charge in [-0.2, -0.15) is 0 Å². The number of hydrogen-bond donors (Lipinski definition) is 1. The van der Waals surface area contributed by atoms with Crippen molar-refractivity contribution in [2.75, 3.05) is 32.0 Å². The lowest BCUT2D eigenvalue weighted by Gasteiger charge is -2.21. The predicted octanol–water partition coefficient (Wildman–Crippen LogP) is 1.78. The summed E-state index contributed by atoms with van der Waals surface area (Å²) in [6.07, 6.45) is 6.25. The molecule has 0 radical (unpaired) electrons. The highest BCUT2D eigenvalue weighted by Crippen LogP contribution is 2.22. The lowest BCUT2D eigenvalue weighted by molar-refractivity contribution is -0.148. The average molecular weight is 328 g/mol. The molecule has 0 atom stereocenters.